The lowest BCUT2D eigenvalue weighted by molar-refractivity contribution is -0.140. The largest absolute Gasteiger partial charge is 0.480 e. The van der Waals surface area contributed by atoms with E-state index in [0.29, 0.717) is 17.7 Å². The number of hydrogen-bond donors (Lipinski definition) is 1. The Kier molecular flexibility index (Phi) is 3.95. The Labute approximate surface area is 141 Å². The fraction of sp³-hybridized carbons (Fsp3) is 0.200. The fourth-order valence-corrected chi connectivity index (χ4v) is 3.96. The molecule has 118 valence electrons. The van der Waals surface area contributed by atoms with Gasteiger partial charge in [0.25, 0.3) is 11.8 Å². The van der Waals surface area contributed by atoms with Crippen molar-refractivity contribution in [2.75, 3.05) is 18.0 Å². The van der Waals surface area contributed by atoms with E-state index in [-0.39, 0.29) is 15.1 Å². The highest BCUT2D eigenvalue weighted by atomic mass is 32.2. The highest BCUT2D eigenvalue weighted by Crippen LogP contribution is 2.44. The molecule has 0 aliphatic carbocycles. The number of aliphatic carboxylic acids is 1. The van der Waals surface area contributed by atoms with E-state index >= 15 is 0 Å². The highest BCUT2D eigenvalue weighted by Gasteiger charge is 2.41. The molecule has 2 aliphatic rings. The van der Waals surface area contributed by atoms with Gasteiger partial charge in [-0.1, -0.05) is 42.2 Å². The molecule has 2 amide bonds. The SMILES string of the molecule is CCN1C(=O)C(=C2SC(=S)N(CC(=O)O)C2=O)c2ccccc21. The molecule has 1 fully saturated rings. The summed E-state index contributed by atoms with van der Waals surface area (Å²) in [6.45, 7) is 1.83. The average Bonchev–Trinajstić information content (AvgIpc) is 2.94. The molecular formula is C15H12N2O4S2. The number of carboxylic acids is 1. The third kappa shape index (κ3) is 2.43. The van der Waals surface area contributed by atoms with E-state index in [9.17, 15) is 14.4 Å². The first kappa shape index (κ1) is 15.7. The summed E-state index contributed by atoms with van der Waals surface area (Å²) in [6, 6.07) is 7.22. The second-order valence-electron chi connectivity index (χ2n) is 4.92. The van der Waals surface area contributed by atoms with Gasteiger partial charge < -0.3 is 10.0 Å². The van der Waals surface area contributed by atoms with Gasteiger partial charge in [0, 0.05) is 12.1 Å². The number of likely N-dealkylation sites (N-methyl/N-ethyl adjacent to an activating group) is 1. The predicted octanol–water partition coefficient (Wildman–Crippen LogP) is 1.71. The smallest absolute Gasteiger partial charge is 0.323 e. The number of carboxylic acid groups (broad SMARTS) is 1. The minimum atomic E-state index is -1.15. The molecule has 1 aromatic carbocycles. The Morgan fingerprint density at radius 1 is 1.22 bits per heavy atom. The van der Waals surface area contributed by atoms with Gasteiger partial charge in [-0.3, -0.25) is 19.3 Å². The first-order chi connectivity index (χ1) is 11.0. The molecule has 0 atom stereocenters. The third-order valence-electron chi connectivity index (χ3n) is 3.61. The summed E-state index contributed by atoms with van der Waals surface area (Å²) in [6.07, 6.45) is 0. The maximum Gasteiger partial charge on any atom is 0.323 e. The Bertz CT molecular complexity index is 787. The molecule has 0 radical (unpaired) electrons. The first-order valence-corrected chi connectivity index (χ1v) is 8.09. The normalized spacial score (nSPS) is 20.5. The molecule has 0 aromatic heterocycles. The lowest BCUT2D eigenvalue weighted by atomic mass is 10.1. The molecule has 0 spiro atoms. The van der Waals surface area contributed by atoms with E-state index in [1.165, 1.54) is 0 Å². The van der Waals surface area contributed by atoms with E-state index in [1.807, 2.05) is 19.1 Å². The van der Waals surface area contributed by atoms with Crippen molar-refractivity contribution < 1.29 is 19.5 Å². The number of benzene rings is 1. The molecule has 6 nitrogen and oxygen atoms in total. The average molecular weight is 348 g/mol. The van der Waals surface area contributed by atoms with Crippen LogP contribution in [-0.4, -0.2) is 45.2 Å². The van der Waals surface area contributed by atoms with Crippen molar-refractivity contribution in [3.63, 3.8) is 0 Å². The maximum atomic E-state index is 12.7. The standard InChI is InChI=1S/C15H12N2O4S2/c1-2-16-9-6-4-3-5-8(9)11(13(16)20)12-14(21)17(7-10(18)19)15(22)23-12/h3-6H,2,7H2,1H3,(H,18,19). The van der Waals surface area contributed by atoms with E-state index in [1.54, 1.807) is 17.0 Å². The molecule has 1 saturated heterocycles. The predicted molar refractivity (Wildman–Crippen MR) is 90.9 cm³/mol. The minimum absolute atomic E-state index is 0.153. The summed E-state index contributed by atoms with van der Waals surface area (Å²) >= 11 is 6.07. The topological polar surface area (TPSA) is 77.9 Å². The molecule has 2 aliphatic heterocycles. The Morgan fingerprint density at radius 2 is 1.91 bits per heavy atom. The van der Waals surface area contributed by atoms with Crippen LogP contribution in [0.5, 0.6) is 0 Å². The number of rotatable bonds is 3. The number of para-hydroxylation sites is 1. The van der Waals surface area contributed by atoms with Gasteiger partial charge in [0.15, 0.2) is 0 Å². The van der Waals surface area contributed by atoms with Crippen molar-refractivity contribution in [3.8, 4) is 0 Å². The Balaban J connectivity index is 2.12. The molecular weight excluding hydrogens is 336 g/mol. The van der Waals surface area contributed by atoms with Crippen LogP contribution in [0.3, 0.4) is 0 Å². The summed E-state index contributed by atoms with van der Waals surface area (Å²) < 4.78 is 0.153. The van der Waals surface area contributed by atoms with Crippen molar-refractivity contribution in [1.82, 2.24) is 4.90 Å². The quantitative estimate of drug-likeness (QED) is 0.662. The van der Waals surface area contributed by atoms with Crippen LogP contribution in [-0.2, 0) is 14.4 Å². The first-order valence-electron chi connectivity index (χ1n) is 6.86. The fourth-order valence-electron chi connectivity index (χ4n) is 2.63. The van der Waals surface area contributed by atoms with Gasteiger partial charge in [0.1, 0.15) is 10.9 Å². The van der Waals surface area contributed by atoms with Gasteiger partial charge in [-0.2, -0.15) is 0 Å². The Hall–Kier alpha value is -2.19. The monoisotopic (exact) mass is 348 g/mol. The summed E-state index contributed by atoms with van der Waals surface area (Å²) in [5.41, 5.74) is 1.72. The third-order valence-corrected chi connectivity index (χ3v) is 5.06. The summed E-state index contributed by atoms with van der Waals surface area (Å²) in [4.78, 5) is 38.9. The molecule has 3 rings (SSSR count). The number of carbonyl (C=O) groups is 3. The van der Waals surface area contributed by atoms with Gasteiger partial charge in [-0.15, -0.1) is 0 Å². The van der Waals surface area contributed by atoms with Crippen molar-refractivity contribution in [2.24, 2.45) is 0 Å². The van der Waals surface area contributed by atoms with Crippen molar-refractivity contribution >= 4 is 57.3 Å². The number of thiocarbonyl (C=S) groups is 1. The van der Waals surface area contributed by atoms with E-state index in [2.05, 4.69) is 0 Å². The minimum Gasteiger partial charge on any atom is -0.480 e. The van der Waals surface area contributed by atoms with Crippen LogP contribution in [0.15, 0.2) is 29.2 Å². The van der Waals surface area contributed by atoms with E-state index < -0.39 is 18.4 Å². The zero-order valence-electron chi connectivity index (χ0n) is 12.1. The molecule has 2 heterocycles. The van der Waals surface area contributed by atoms with E-state index in [0.717, 1.165) is 22.3 Å². The number of nitrogens with zero attached hydrogens (tertiary/aromatic N) is 2. The van der Waals surface area contributed by atoms with Gasteiger partial charge in [-0.05, 0) is 13.0 Å². The zero-order chi connectivity index (χ0) is 16.7. The summed E-state index contributed by atoms with van der Waals surface area (Å²) in [7, 11) is 0. The number of fused-ring (bicyclic) bond motifs is 1. The van der Waals surface area contributed by atoms with E-state index in [4.69, 9.17) is 17.3 Å². The molecule has 8 heteroatoms. The number of carbonyl (C=O) groups excluding carboxylic acids is 2. The number of anilines is 1. The van der Waals surface area contributed by atoms with Gasteiger partial charge in [0.2, 0.25) is 0 Å². The molecule has 0 unspecified atom stereocenters. The van der Waals surface area contributed by atoms with Crippen molar-refractivity contribution in [3.05, 3.63) is 34.7 Å². The molecule has 1 N–H and O–H groups in total. The summed E-state index contributed by atoms with van der Waals surface area (Å²) in [5.74, 6) is -1.94. The highest BCUT2D eigenvalue weighted by molar-refractivity contribution is 8.26. The summed E-state index contributed by atoms with van der Waals surface area (Å²) in [5, 5.41) is 8.90. The van der Waals surface area contributed by atoms with Gasteiger partial charge in [0.05, 0.1) is 16.2 Å². The number of hydrogen-bond acceptors (Lipinski definition) is 5. The maximum absolute atomic E-state index is 12.7. The molecule has 0 bridgehead atoms. The number of thioether (sulfide) groups is 1. The lowest BCUT2D eigenvalue weighted by Gasteiger charge is -2.13. The Morgan fingerprint density at radius 3 is 2.57 bits per heavy atom. The van der Waals surface area contributed by atoms with Gasteiger partial charge >= 0.3 is 5.97 Å². The lowest BCUT2D eigenvalue weighted by Crippen LogP contribution is -2.33. The van der Waals surface area contributed by atoms with Crippen LogP contribution in [0.1, 0.15) is 12.5 Å². The zero-order valence-corrected chi connectivity index (χ0v) is 13.7. The van der Waals surface area contributed by atoms with Crippen molar-refractivity contribution in [2.45, 2.75) is 6.92 Å². The molecule has 1 aromatic rings. The second-order valence-corrected chi connectivity index (χ2v) is 6.57. The van der Waals surface area contributed by atoms with Crippen molar-refractivity contribution in [1.29, 1.82) is 0 Å². The van der Waals surface area contributed by atoms with Crippen LogP contribution in [0.25, 0.3) is 5.57 Å². The molecule has 23 heavy (non-hydrogen) atoms. The molecule has 0 saturated carbocycles. The second kappa shape index (κ2) is 5.78. The van der Waals surface area contributed by atoms with Crippen LogP contribution in [0.4, 0.5) is 5.69 Å². The number of amides is 2. The van der Waals surface area contributed by atoms with Crippen LogP contribution in [0, 0.1) is 0 Å². The van der Waals surface area contributed by atoms with Gasteiger partial charge in [-0.25, -0.2) is 0 Å². The van der Waals surface area contributed by atoms with Crippen LogP contribution >= 0.6 is 24.0 Å². The van der Waals surface area contributed by atoms with Crippen LogP contribution in [0.2, 0.25) is 0 Å². The van der Waals surface area contributed by atoms with Crippen LogP contribution < -0.4 is 4.90 Å².